The Kier molecular flexibility index (Phi) is 53.9. The van der Waals surface area contributed by atoms with Gasteiger partial charge in [0.05, 0.1) is 16.8 Å². The van der Waals surface area contributed by atoms with Crippen LogP contribution in [0, 0.1) is 22.3 Å². The van der Waals surface area contributed by atoms with Gasteiger partial charge in [0.15, 0.2) is 0 Å². The zero-order valence-electron chi connectivity index (χ0n) is 65.2. The van der Waals surface area contributed by atoms with Gasteiger partial charge in [-0.3, -0.25) is 0 Å². The van der Waals surface area contributed by atoms with Crippen LogP contribution in [0.15, 0.2) is 134 Å². The zero-order valence-corrected chi connectivity index (χ0v) is 76.5. The van der Waals surface area contributed by atoms with Crippen LogP contribution < -0.4 is 0 Å². The molecule has 0 N–H and O–H groups in total. The van der Waals surface area contributed by atoms with Gasteiger partial charge in [0, 0.05) is 19.8 Å². The Bertz CT molecular complexity index is 2860. The average Bonchev–Trinajstić information content (AvgIpc) is 1.65. The summed E-state index contributed by atoms with van der Waals surface area (Å²) < 4.78 is 17.5. The molecule has 6 nitrogen and oxygen atoms in total. The van der Waals surface area contributed by atoms with Crippen molar-refractivity contribution in [3.63, 3.8) is 0 Å². The van der Waals surface area contributed by atoms with E-state index in [4.69, 9.17) is 85.3 Å². The molecular formula is C82H131Cl6N3O3Si2Ti3-6. The number of hydrogen-bond donors (Lipinski definition) is 0. The number of ether oxygens (including phenoxy) is 3. The van der Waals surface area contributed by atoms with E-state index in [1.54, 1.807) is 5.57 Å². The average molecular weight is 1620 g/mol. The van der Waals surface area contributed by atoms with E-state index >= 15 is 0 Å². The summed E-state index contributed by atoms with van der Waals surface area (Å²) in [7, 11) is 25.9. The molecule has 0 saturated heterocycles. The molecule has 3 unspecified atom stereocenters. The van der Waals surface area contributed by atoms with Crippen molar-refractivity contribution in [2.24, 2.45) is 0 Å². The van der Waals surface area contributed by atoms with E-state index in [-0.39, 0.29) is 50.2 Å². The van der Waals surface area contributed by atoms with Crippen molar-refractivity contribution in [3.8, 4) is 0 Å². The van der Waals surface area contributed by atoms with E-state index < -0.39 is 67.6 Å². The molecular weight excluding hydrogens is 1490 g/mol. The number of nitrogens with zero attached hydrogens (tertiary/aromatic N) is 3. The number of allylic oxidation sites excluding steroid dienone is 5. The number of benzene rings is 4. The molecule has 7 rings (SSSR count). The maximum atomic E-state index is 5.83. The van der Waals surface area contributed by atoms with Gasteiger partial charge in [-0.15, -0.1) is 24.2 Å². The Morgan fingerprint density at radius 3 is 1.16 bits per heavy atom. The molecule has 3 aliphatic carbocycles. The number of fused-ring (bicyclic) bond motifs is 3. The second kappa shape index (κ2) is 52.9. The Hall–Kier alpha value is -0.0834. The summed E-state index contributed by atoms with van der Waals surface area (Å²) in [6, 6.07) is 37.8. The summed E-state index contributed by atoms with van der Waals surface area (Å²) in [6.07, 6.45) is 28.6. The van der Waals surface area contributed by atoms with Crippen molar-refractivity contribution in [3.05, 3.63) is 211 Å². The van der Waals surface area contributed by atoms with Crippen molar-refractivity contribution in [1.82, 2.24) is 0 Å². The molecule has 4 aromatic rings. The van der Waals surface area contributed by atoms with Gasteiger partial charge < -0.3 is 51.8 Å². The minimum absolute atomic E-state index is 0. The van der Waals surface area contributed by atoms with Crippen molar-refractivity contribution < 1.29 is 65.3 Å². The van der Waals surface area contributed by atoms with Gasteiger partial charge in [-0.05, 0) is 186 Å². The van der Waals surface area contributed by atoms with Crippen LogP contribution in [0.4, 0.5) is 0 Å². The van der Waals surface area contributed by atoms with Crippen molar-refractivity contribution >= 4 is 89.0 Å². The molecule has 0 bridgehead atoms. The normalized spacial score (nSPS) is 15.2. The fourth-order valence-electron chi connectivity index (χ4n) is 12.7. The molecule has 0 fully saturated rings. The molecule has 0 saturated carbocycles. The number of halogens is 6. The fraction of sp³-hybridized carbons (Fsp3) is 0.573. The first-order chi connectivity index (χ1) is 45.1. The number of hydrogen-bond acceptors (Lipinski definition) is 3. The van der Waals surface area contributed by atoms with Crippen molar-refractivity contribution in [1.29, 1.82) is 0 Å². The molecule has 17 heteroatoms. The van der Waals surface area contributed by atoms with Crippen molar-refractivity contribution in [2.45, 2.75) is 271 Å². The molecule has 0 aliphatic heterocycles. The first-order valence-corrected chi connectivity index (χ1v) is 54.1. The molecule has 4 aromatic carbocycles. The Balaban J connectivity index is 0. The summed E-state index contributed by atoms with van der Waals surface area (Å²) in [5.41, 5.74) is 15.6. The predicted molar refractivity (Wildman–Crippen MR) is 441 cm³/mol. The minimum atomic E-state index is -1.76. The summed E-state index contributed by atoms with van der Waals surface area (Å²) in [5.74, 6) is 0.373. The van der Waals surface area contributed by atoms with Gasteiger partial charge in [-0.2, -0.15) is 6.54 Å². The SMILES string of the molecule is C=CCC[N-][Si](C)(C)C1C=C(CCCCCCOC(C)(C)C)c2ccccc21.CC(C)(C)OCCCCCC[N-][Si](C)(C)C1C=C(Cc2ccccc2)c2ccccc21.CC(C)(C)[N-]C(C)(C)C1C=C(CCCCCCOC(C)(C)C)c2ccccc21.[CH3-].[CH3-].[CH3-].[Cl][Ti][Cl].[Cl][Ti][Cl].[Cl][Ti][Cl]. The van der Waals surface area contributed by atoms with E-state index in [2.05, 4.69) is 251 Å². The van der Waals surface area contributed by atoms with Crippen LogP contribution in [0.2, 0.25) is 26.2 Å². The topological polar surface area (TPSA) is 70.0 Å². The molecule has 0 aromatic heterocycles. The van der Waals surface area contributed by atoms with E-state index in [0.29, 0.717) is 17.0 Å². The standard InChI is InChI=1S/C28H40NOSi.C26H42NO.C25H40NOSi.3CH3.6ClH.3Ti/c1-28(2,3)30-20-14-7-6-13-19-29-31(4,5)27-22-24(21-23-15-9-8-10-16-23)25-17-11-12-18-26(25)27;1-24(2,3)27-26(7,8)23-19-20(21-16-12-13-17-22(21)23)15-11-9-10-14-18-28-25(4,5)6;1-7-8-18-26-28(5,6)24-20-21(22-16-12-13-17-23(22)24)15-11-9-10-14-19-27-25(2,3)4;;;;;;;;;;;;/h8-12,15-18,22,27H,6-7,13-14,19-21H2,1-5H3;12-13,16-17,19,23H,9-11,14-15,18H2,1-8H3;7,12-13,16-17,20,24H,1,8-11,14-15,18-19H2,2-6H3;3*1H3;6*1H;;;/q6*-1;;;;;;;3*+2/p-6. The molecule has 0 radical (unpaired) electrons. The van der Waals surface area contributed by atoms with Crippen LogP contribution in [-0.4, -0.2) is 77.3 Å². The molecule has 0 amide bonds. The first-order valence-electron chi connectivity index (χ1n) is 35.1. The van der Waals surface area contributed by atoms with E-state index in [1.165, 1.54) is 121 Å². The van der Waals surface area contributed by atoms with Crippen LogP contribution in [0.5, 0.6) is 0 Å². The van der Waals surface area contributed by atoms with E-state index in [9.17, 15) is 0 Å². The molecule has 560 valence electrons. The summed E-state index contributed by atoms with van der Waals surface area (Å²) in [6.45, 7) is 48.4. The number of rotatable bonds is 32. The monoisotopic (exact) mass is 1620 g/mol. The van der Waals surface area contributed by atoms with Crippen LogP contribution in [0.25, 0.3) is 32.0 Å². The second-order valence-electron chi connectivity index (χ2n) is 30.9. The maximum absolute atomic E-state index is 5.83. The zero-order chi connectivity index (χ0) is 72.1. The first kappa shape index (κ1) is 101. The summed E-state index contributed by atoms with van der Waals surface area (Å²) in [4.78, 5) is 10.4. The van der Waals surface area contributed by atoms with E-state index in [1.807, 2.05) is 6.08 Å². The third-order valence-electron chi connectivity index (χ3n) is 16.9. The molecule has 0 heterocycles. The van der Waals surface area contributed by atoms with Gasteiger partial charge in [0.1, 0.15) is 0 Å². The molecule has 0 spiro atoms. The fourth-order valence-corrected chi connectivity index (χ4v) is 17.7. The van der Waals surface area contributed by atoms with Gasteiger partial charge >= 0.3 is 107 Å². The van der Waals surface area contributed by atoms with Crippen LogP contribution in [0.1, 0.15) is 249 Å². The molecule has 99 heavy (non-hydrogen) atoms. The van der Waals surface area contributed by atoms with Crippen molar-refractivity contribution in [2.75, 3.05) is 32.9 Å². The van der Waals surface area contributed by atoms with Crippen LogP contribution in [0.3, 0.4) is 0 Å². The third-order valence-corrected chi connectivity index (χ3v) is 23.0. The van der Waals surface area contributed by atoms with Gasteiger partial charge in [0.2, 0.25) is 0 Å². The second-order valence-corrected chi connectivity index (χ2v) is 47.1. The summed E-state index contributed by atoms with van der Waals surface area (Å²) in [5, 5.41) is 5.15. The van der Waals surface area contributed by atoms with Gasteiger partial charge in [-0.25, -0.2) is 0 Å². The Morgan fingerprint density at radius 1 is 0.424 bits per heavy atom. The van der Waals surface area contributed by atoms with Crippen LogP contribution >= 0.6 is 55.8 Å². The quantitative estimate of drug-likeness (QED) is 0.0212. The number of unbranched alkanes of at least 4 members (excludes halogenated alkanes) is 9. The Morgan fingerprint density at radius 2 is 0.758 bits per heavy atom. The van der Waals surface area contributed by atoms with Crippen LogP contribution in [-0.2, 0) is 71.7 Å². The summed E-state index contributed by atoms with van der Waals surface area (Å²) >= 11 is -1.67. The van der Waals surface area contributed by atoms with Gasteiger partial charge in [-0.1, -0.05) is 256 Å². The molecule has 3 atom stereocenters. The third kappa shape index (κ3) is 42.3. The predicted octanol–water partition coefficient (Wildman–Crippen LogP) is 28.9. The van der Waals surface area contributed by atoms with E-state index in [0.717, 1.165) is 65.0 Å². The Labute approximate surface area is 661 Å². The molecule has 3 aliphatic rings. The van der Waals surface area contributed by atoms with Gasteiger partial charge in [0.25, 0.3) is 0 Å².